The molecule has 0 radical (unpaired) electrons. The number of hydrogen-bond donors (Lipinski definition) is 1. The molecule has 124 valence electrons. The summed E-state index contributed by atoms with van der Waals surface area (Å²) in [4.78, 5) is 26.1. The van der Waals surface area contributed by atoms with Crippen LogP contribution in [0.5, 0.6) is 5.75 Å². The van der Waals surface area contributed by atoms with Crippen molar-refractivity contribution < 1.29 is 14.3 Å². The van der Waals surface area contributed by atoms with E-state index < -0.39 is 6.10 Å². The van der Waals surface area contributed by atoms with Gasteiger partial charge < -0.3 is 10.1 Å². The van der Waals surface area contributed by atoms with Crippen molar-refractivity contribution in [2.45, 2.75) is 13.0 Å². The molecule has 24 heavy (non-hydrogen) atoms. The summed E-state index contributed by atoms with van der Waals surface area (Å²) in [7, 11) is 0. The minimum Gasteiger partial charge on any atom is -0.479 e. The number of nitrogens with zero attached hydrogens (tertiary/aromatic N) is 1. The second-order valence-electron chi connectivity index (χ2n) is 5.33. The highest BCUT2D eigenvalue weighted by Crippen LogP contribution is 2.33. The summed E-state index contributed by atoms with van der Waals surface area (Å²) in [5.74, 6) is -0.0319. The molecular weight excluding hydrogens is 351 g/mol. The summed E-state index contributed by atoms with van der Waals surface area (Å²) in [5, 5.41) is 3.45. The topological polar surface area (TPSA) is 58.6 Å². The van der Waals surface area contributed by atoms with Crippen molar-refractivity contribution in [2.24, 2.45) is 0 Å². The van der Waals surface area contributed by atoms with Crippen LogP contribution in [-0.4, -0.2) is 24.5 Å². The van der Waals surface area contributed by atoms with Gasteiger partial charge >= 0.3 is 0 Å². The highest BCUT2D eigenvalue weighted by Gasteiger charge is 2.32. The molecule has 0 aromatic heterocycles. The van der Waals surface area contributed by atoms with Gasteiger partial charge in [0.1, 0.15) is 12.3 Å². The molecule has 0 aliphatic carbocycles. The first-order valence-corrected chi connectivity index (χ1v) is 8.03. The highest BCUT2D eigenvalue weighted by atomic mass is 35.5. The Kier molecular flexibility index (Phi) is 4.64. The predicted octanol–water partition coefficient (Wildman–Crippen LogP) is 3.75. The molecule has 1 N–H and O–H groups in total. The lowest BCUT2D eigenvalue weighted by Gasteiger charge is -2.32. The fraction of sp³-hybridized carbons (Fsp3) is 0.176. The van der Waals surface area contributed by atoms with Gasteiger partial charge in [-0.15, -0.1) is 0 Å². The molecule has 1 aliphatic rings. The Morgan fingerprint density at radius 1 is 1.21 bits per heavy atom. The predicted molar refractivity (Wildman–Crippen MR) is 94.0 cm³/mol. The van der Waals surface area contributed by atoms with E-state index in [-0.39, 0.29) is 18.4 Å². The fourth-order valence-corrected chi connectivity index (χ4v) is 2.74. The number of carbonyl (C=O) groups excluding carboxylic acids is 2. The van der Waals surface area contributed by atoms with E-state index >= 15 is 0 Å². The van der Waals surface area contributed by atoms with Gasteiger partial charge in [-0.3, -0.25) is 14.5 Å². The Bertz CT molecular complexity index is 810. The zero-order valence-electron chi connectivity index (χ0n) is 12.8. The van der Waals surface area contributed by atoms with E-state index in [1.54, 1.807) is 43.3 Å². The van der Waals surface area contributed by atoms with Crippen LogP contribution in [0.15, 0.2) is 42.5 Å². The molecule has 0 fully saturated rings. The number of para-hydroxylation sites is 2. The number of halogens is 2. The second-order valence-corrected chi connectivity index (χ2v) is 6.14. The zero-order chi connectivity index (χ0) is 17.3. The number of anilines is 2. The van der Waals surface area contributed by atoms with Gasteiger partial charge in [-0.2, -0.15) is 0 Å². The molecule has 1 atom stereocenters. The largest absolute Gasteiger partial charge is 0.479 e. The lowest BCUT2D eigenvalue weighted by atomic mass is 10.2. The molecule has 0 spiro atoms. The molecule has 5 nitrogen and oxygen atoms in total. The van der Waals surface area contributed by atoms with Crippen LogP contribution in [0.3, 0.4) is 0 Å². The summed E-state index contributed by atoms with van der Waals surface area (Å²) in [6.45, 7) is 1.53. The quantitative estimate of drug-likeness (QED) is 0.902. The maximum Gasteiger partial charge on any atom is 0.268 e. The van der Waals surface area contributed by atoms with E-state index in [4.69, 9.17) is 27.9 Å². The van der Waals surface area contributed by atoms with Gasteiger partial charge in [0.15, 0.2) is 6.10 Å². The molecule has 7 heteroatoms. The zero-order valence-corrected chi connectivity index (χ0v) is 14.3. The lowest BCUT2D eigenvalue weighted by Crippen LogP contribution is -2.47. The number of benzene rings is 2. The molecular formula is C17H14Cl2N2O3. The Labute approximate surface area is 149 Å². The summed E-state index contributed by atoms with van der Waals surface area (Å²) >= 11 is 11.8. The first-order chi connectivity index (χ1) is 11.5. The third kappa shape index (κ3) is 3.32. The molecule has 0 saturated carbocycles. The van der Waals surface area contributed by atoms with Crippen molar-refractivity contribution in [3.8, 4) is 5.75 Å². The van der Waals surface area contributed by atoms with Crippen LogP contribution in [0, 0.1) is 0 Å². The van der Waals surface area contributed by atoms with Crippen LogP contribution in [0.1, 0.15) is 6.92 Å². The van der Waals surface area contributed by atoms with E-state index in [9.17, 15) is 9.59 Å². The first-order valence-electron chi connectivity index (χ1n) is 7.27. The maximum absolute atomic E-state index is 12.4. The molecule has 0 bridgehead atoms. The van der Waals surface area contributed by atoms with Crippen LogP contribution in [-0.2, 0) is 9.59 Å². The molecule has 2 aromatic carbocycles. The number of carbonyl (C=O) groups is 2. The molecule has 1 unspecified atom stereocenters. The Morgan fingerprint density at radius 3 is 2.71 bits per heavy atom. The number of rotatable bonds is 3. The Morgan fingerprint density at radius 2 is 1.96 bits per heavy atom. The second kappa shape index (κ2) is 6.71. The lowest BCUT2D eigenvalue weighted by molar-refractivity contribution is -0.127. The van der Waals surface area contributed by atoms with E-state index in [2.05, 4.69) is 5.32 Å². The van der Waals surface area contributed by atoms with Crippen molar-refractivity contribution in [1.82, 2.24) is 0 Å². The fourth-order valence-electron chi connectivity index (χ4n) is 2.44. The highest BCUT2D eigenvalue weighted by molar-refractivity contribution is 6.42. The molecule has 2 amide bonds. The van der Waals surface area contributed by atoms with Gasteiger partial charge in [0, 0.05) is 5.69 Å². The van der Waals surface area contributed by atoms with Crippen LogP contribution in [0.25, 0.3) is 0 Å². The molecule has 1 aliphatic heterocycles. The third-order valence-electron chi connectivity index (χ3n) is 3.58. The van der Waals surface area contributed by atoms with Crippen molar-refractivity contribution in [2.75, 3.05) is 16.8 Å². The standard InChI is InChI=1S/C17H14Cl2N2O3/c1-10-17(23)21(14-4-2-3-5-15(14)24-10)9-16(22)20-11-6-7-12(18)13(19)8-11/h2-8,10H,9H2,1H3,(H,20,22). The van der Waals surface area contributed by atoms with E-state index in [1.807, 2.05) is 6.07 Å². The first kappa shape index (κ1) is 16.6. The number of fused-ring (bicyclic) bond motifs is 1. The molecule has 1 heterocycles. The SMILES string of the molecule is CC1Oc2ccccc2N(CC(=O)Nc2ccc(Cl)c(Cl)c2)C1=O. The van der Waals surface area contributed by atoms with Gasteiger partial charge in [-0.1, -0.05) is 35.3 Å². The van der Waals surface area contributed by atoms with Gasteiger partial charge in [-0.05, 0) is 37.3 Å². The van der Waals surface area contributed by atoms with Crippen molar-refractivity contribution in [1.29, 1.82) is 0 Å². The Balaban J connectivity index is 1.78. The normalized spacial score (nSPS) is 16.4. The molecule has 2 aromatic rings. The van der Waals surface area contributed by atoms with Crippen molar-refractivity contribution >= 4 is 46.4 Å². The summed E-state index contributed by atoms with van der Waals surface area (Å²) in [5.41, 5.74) is 1.08. The van der Waals surface area contributed by atoms with E-state index in [0.29, 0.717) is 27.2 Å². The minimum absolute atomic E-state index is 0.121. The molecule has 3 rings (SSSR count). The maximum atomic E-state index is 12.4. The average molecular weight is 365 g/mol. The number of hydrogen-bond acceptors (Lipinski definition) is 3. The van der Waals surface area contributed by atoms with Crippen LogP contribution in [0.4, 0.5) is 11.4 Å². The smallest absolute Gasteiger partial charge is 0.268 e. The summed E-state index contributed by atoms with van der Waals surface area (Å²) in [6.07, 6.45) is -0.641. The van der Waals surface area contributed by atoms with Crippen LogP contribution >= 0.6 is 23.2 Å². The summed E-state index contributed by atoms with van der Waals surface area (Å²) < 4.78 is 5.55. The number of nitrogens with one attached hydrogen (secondary N) is 1. The van der Waals surface area contributed by atoms with Gasteiger partial charge in [0.25, 0.3) is 5.91 Å². The third-order valence-corrected chi connectivity index (χ3v) is 4.32. The minimum atomic E-state index is -0.641. The van der Waals surface area contributed by atoms with Gasteiger partial charge in [0.2, 0.25) is 5.91 Å². The van der Waals surface area contributed by atoms with E-state index in [0.717, 1.165) is 0 Å². The molecule has 0 saturated heterocycles. The Hall–Kier alpha value is -2.24. The van der Waals surface area contributed by atoms with Crippen molar-refractivity contribution in [3.63, 3.8) is 0 Å². The van der Waals surface area contributed by atoms with Gasteiger partial charge in [-0.25, -0.2) is 0 Å². The van der Waals surface area contributed by atoms with Crippen LogP contribution < -0.4 is 15.0 Å². The summed E-state index contributed by atoms with van der Waals surface area (Å²) in [6, 6.07) is 11.9. The van der Waals surface area contributed by atoms with Crippen molar-refractivity contribution in [3.05, 3.63) is 52.5 Å². The average Bonchev–Trinajstić information content (AvgIpc) is 2.55. The monoisotopic (exact) mass is 364 g/mol. The number of amides is 2. The van der Waals surface area contributed by atoms with Gasteiger partial charge in [0.05, 0.1) is 15.7 Å². The van der Waals surface area contributed by atoms with Crippen LogP contribution in [0.2, 0.25) is 10.0 Å². The number of ether oxygens (including phenoxy) is 1. The van der Waals surface area contributed by atoms with E-state index in [1.165, 1.54) is 4.90 Å².